The zero-order valence-electron chi connectivity index (χ0n) is 15.4. The highest BCUT2D eigenvalue weighted by Crippen LogP contribution is 2.37. The lowest BCUT2D eigenvalue weighted by molar-refractivity contribution is 0.277. The molecule has 144 valence electrons. The molecule has 0 aromatic heterocycles. The van der Waals surface area contributed by atoms with Crippen molar-refractivity contribution in [2.45, 2.75) is 33.4 Å². The SMILES string of the molecule is COc1cc(CNCCC(C)C)cc(Br)c1OCc1ccccc1F.Cl. The molecule has 0 fully saturated rings. The fourth-order valence-electron chi connectivity index (χ4n) is 2.40. The fourth-order valence-corrected chi connectivity index (χ4v) is 3.01. The lowest BCUT2D eigenvalue weighted by Gasteiger charge is -2.15. The van der Waals surface area contributed by atoms with Crippen molar-refractivity contribution >= 4 is 28.3 Å². The van der Waals surface area contributed by atoms with Gasteiger partial charge in [-0.15, -0.1) is 12.4 Å². The van der Waals surface area contributed by atoms with Crippen molar-refractivity contribution in [3.05, 3.63) is 57.8 Å². The van der Waals surface area contributed by atoms with Crippen LogP contribution in [0, 0.1) is 11.7 Å². The highest BCUT2D eigenvalue weighted by atomic mass is 79.9. The first-order valence-corrected chi connectivity index (χ1v) is 9.24. The van der Waals surface area contributed by atoms with E-state index >= 15 is 0 Å². The molecule has 2 aromatic carbocycles. The van der Waals surface area contributed by atoms with E-state index in [-0.39, 0.29) is 24.8 Å². The van der Waals surface area contributed by atoms with Gasteiger partial charge in [-0.1, -0.05) is 32.0 Å². The third-order valence-electron chi connectivity index (χ3n) is 3.85. The molecule has 1 N–H and O–H groups in total. The summed E-state index contributed by atoms with van der Waals surface area (Å²) < 4.78 is 25.8. The predicted octanol–water partition coefficient (Wildman–Crippen LogP) is 5.73. The molecule has 2 aromatic rings. The van der Waals surface area contributed by atoms with Crippen LogP contribution in [0.1, 0.15) is 31.4 Å². The second kappa shape index (κ2) is 11.4. The van der Waals surface area contributed by atoms with E-state index in [0.717, 1.165) is 29.5 Å². The van der Waals surface area contributed by atoms with Gasteiger partial charge in [-0.2, -0.15) is 0 Å². The summed E-state index contributed by atoms with van der Waals surface area (Å²) in [6.07, 6.45) is 1.14. The number of nitrogens with one attached hydrogen (secondary N) is 1. The van der Waals surface area contributed by atoms with Gasteiger partial charge in [-0.25, -0.2) is 4.39 Å². The molecule has 0 spiro atoms. The number of halogens is 3. The Morgan fingerprint density at radius 3 is 2.58 bits per heavy atom. The van der Waals surface area contributed by atoms with Crippen LogP contribution in [0.2, 0.25) is 0 Å². The van der Waals surface area contributed by atoms with Crippen molar-refractivity contribution in [3.8, 4) is 11.5 Å². The quantitative estimate of drug-likeness (QED) is 0.499. The minimum atomic E-state index is -0.274. The fraction of sp³-hybridized carbons (Fsp3) is 0.400. The number of rotatable bonds is 9. The molecule has 0 aliphatic rings. The van der Waals surface area contributed by atoms with Crippen LogP contribution in [-0.4, -0.2) is 13.7 Å². The van der Waals surface area contributed by atoms with E-state index in [0.29, 0.717) is 23.0 Å². The summed E-state index contributed by atoms with van der Waals surface area (Å²) in [4.78, 5) is 0. The Kier molecular flexibility index (Phi) is 9.99. The molecule has 0 radical (unpaired) electrons. The van der Waals surface area contributed by atoms with Gasteiger partial charge in [-0.05, 0) is 58.6 Å². The second-order valence-corrected chi connectivity index (χ2v) is 7.20. The molecule has 0 aliphatic heterocycles. The molecule has 0 saturated carbocycles. The number of hydrogen-bond donors (Lipinski definition) is 1. The predicted molar refractivity (Wildman–Crippen MR) is 110 cm³/mol. The Morgan fingerprint density at radius 2 is 1.92 bits per heavy atom. The van der Waals surface area contributed by atoms with Gasteiger partial charge >= 0.3 is 0 Å². The van der Waals surface area contributed by atoms with E-state index in [4.69, 9.17) is 9.47 Å². The highest BCUT2D eigenvalue weighted by molar-refractivity contribution is 9.10. The molecule has 0 unspecified atom stereocenters. The van der Waals surface area contributed by atoms with Crippen LogP contribution in [0.3, 0.4) is 0 Å². The molecule has 6 heteroatoms. The summed E-state index contributed by atoms with van der Waals surface area (Å²) in [5.41, 5.74) is 1.61. The largest absolute Gasteiger partial charge is 0.493 e. The Morgan fingerprint density at radius 1 is 1.19 bits per heavy atom. The van der Waals surface area contributed by atoms with Crippen molar-refractivity contribution in [1.82, 2.24) is 5.32 Å². The maximum atomic E-state index is 13.7. The van der Waals surface area contributed by atoms with Crippen LogP contribution >= 0.6 is 28.3 Å². The minimum Gasteiger partial charge on any atom is -0.493 e. The Balaban J connectivity index is 0.00000338. The monoisotopic (exact) mass is 445 g/mol. The lowest BCUT2D eigenvalue weighted by Crippen LogP contribution is -2.16. The molecule has 0 bridgehead atoms. The van der Waals surface area contributed by atoms with Crippen LogP contribution in [0.4, 0.5) is 4.39 Å². The van der Waals surface area contributed by atoms with E-state index in [1.807, 2.05) is 12.1 Å². The molecule has 0 atom stereocenters. The van der Waals surface area contributed by atoms with Gasteiger partial charge in [0.1, 0.15) is 12.4 Å². The molecular formula is C20H26BrClFNO2. The van der Waals surface area contributed by atoms with Crippen molar-refractivity contribution < 1.29 is 13.9 Å². The number of methoxy groups -OCH3 is 1. The summed E-state index contributed by atoms with van der Waals surface area (Å²) >= 11 is 3.54. The normalized spacial score (nSPS) is 10.5. The van der Waals surface area contributed by atoms with Crippen molar-refractivity contribution in [2.24, 2.45) is 5.92 Å². The maximum absolute atomic E-state index is 13.7. The molecule has 0 saturated heterocycles. The van der Waals surface area contributed by atoms with Gasteiger partial charge < -0.3 is 14.8 Å². The summed E-state index contributed by atoms with van der Waals surface area (Å²) in [6, 6.07) is 10.5. The first kappa shape index (κ1) is 22.7. The number of ether oxygens (including phenoxy) is 2. The number of hydrogen-bond acceptors (Lipinski definition) is 3. The van der Waals surface area contributed by atoms with Gasteiger partial charge in [0.25, 0.3) is 0 Å². The van der Waals surface area contributed by atoms with Crippen LogP contribution in [0.15, 0.2) is 40.9 Å². The lowest BCUT2D eigenvalue weighted by atomic mass is 10.1. The summed E-state index contributed by atoms with van der Waals surface area (Å²) in [7, 11) is 1.60. The first-order chi connectivity index (χ1) is 12.0. The Hall–Kier alpha value is -1.30. The van der Waals surface area contributed by atoms with E-state index in [1.165, 1.54) is 6.07 Å². The second-order valence-electron chi connectivity index (χ2n) is 6.35. The maximum Gasteiger partial charge on any atom is 0.175 e. The number of benzene rings is 2. The van der Waals surface area contributed by atoms with E-state index < -0.39 is 0 Å². The smallest absolute Gasteiger partial charge is 0.175 e. The zero-order chi connectivity index (χ0) is 18.2. The summed E-state index contributed by atoms with van der Waals surface area (Å²) in [6.45, 7) is 6.30. The van der Waals surface area contributed by atoms with Gasteiger partial charge in [0, 0.05) is 12.1 Å². The van der Waals surface area contributed by atoms with Crippen LogP contribution in [-0.2, 0) is 13.2 Å². The average molecular weight is 447 g/mol. The summed E-state index contributed by atoms with van der Waals surface area (Å²) in [5.74, 6) is 1.62. The van der Waals surface area contributed by atoms with E-state index in [1.54, 1.807) is 25.3 Å². The highest BCUT2D eigenvalue weighted by Gasteiger charge is 2.13. The van der Waals surface area contributed by atoms with Crippen molar-refractivity contribution in [3.63, 3.8) is 0 Å². The Labute approximate surface area is 169 Å². The minimum absolute atomic E-state index is 0. The van der Waals surface area contributed by atoms with Crippen LogP contribution < -0.4 is 14.8 Å². The first-order valence-electron chi connectivity index (χ1n) is 8.44. The van der Waals surface area contributed by atoms with E-state index in [9.17, 15) is 4.39 Å². The van der Waals surface area contributed by atoms with Gasteiger partial charge in [-0.3, -0.25) is 0 Å². The van der Waals surface area contributed by atoms with Gasteiger partial charge in [0.15, 0.2) is 11.5 Å². The topological polar surface area (TPSA) is 30.5 Å². The molecule has 0 heterocycles. The van der Waals surface area contributed by atoms with Crippen LogP contribution in [0.5, 0.6) is 11.5 Å². The molecule has 0 amide bonds. The molecule has 3 nitrogen and oxygen atoms in total. The molecule has 26 heavy (non-hydrogen) atoms. The standard InChI is InChI=1S/C20H25BrFNO2.ClH/c1-14(2)8-9-23-12-15-10-17(21)20(19(11-15)24-3)25-13-16-6-4-5-7-18(16)22;/h4-7,10-11,14,23H,8-9,12-13H2,1-3H3;1H. The van der Waals surface area contributed by atoms with Gasteiger partial charge in [0.2, 0.25) is 0 Å². The zero-order valence-corrected chi connectivity index (χ0v) is 17.8. The Bertz CT molecular complexity index is 698. The average Bonchev–Trinajstić information content (AvgIpc) is 2.58. The van der Waals surface area contributed by atoms with Crippen LogP contribution in [0.25, 0.3) is 0 Å². The third kappa shape index (κ3) is 6.78. The van der Waals surface area contributed by atoms with Crippen molar-refractivity contribution in [2.75, 3.05) is 13.7 Å². The summed E-state index contributed by atoms with van der Waals surface area (Å²) in [5, 5.41) is 3.43. The van der Waals surface area contributed by atoms with Crippen molar-refractivity contribution in [1.29, 1.82) is 0 Å². The molecule has 2 rings (SSSR count). The molecule has 0 aliphatic carbocycles. The van der Waals surface area contributed by atoms with Gasteiger partial charge in [0.05, 0.1) is 11.6 Å². The molecular weight excluding hydrogens is 421 g/mol. The van der Waals surface area contributed by atoms with E-state index in [2.05, 4.69) is 35.1 Å². The third-order valence-corrected chi connectivity index (χ3v) is 4.44.